The molecule has 2 aromatic rings. The molecule has 0 saturated carbocycles. The molecule has 0 heterocycles. The number of hydrogen-bond donors (Lipinski definition) is 1. The van der Waals surface area contributed by atoms with Gasteiger partial charge in [0.05, 0.1) is 6.04 Å². The largest absolute Gasteiger partial charge is 0.320 e. The summed E-state index contributed by atoms with van der Waals surface area (Å²) in [7, 11) is 0. The van der Waals surface area contributed by atoms with E-state index in [2.05, 4.69) is 70.2 Å². The topological polar surface area (TPSA) is 26.0 Å². The average Bonchev–Trinajstić information content (AvgIpc) is 2.41. The molecule has 0 spiro atoms. The average molecular weight is 253 g/mol. The predicted octanol–water partition coefficient (Wildman–Crippen LogP) is 4.47. The number of aryl methyl sites for hydroxylation is 1. The van der Waals surface area contributed by atoms with Gasteiger partial charge in [0, 0.05) is 0 Å². The summed E-state index contributed by atoms with van der Waals surface area (Å²) in [6, 6.07) is 15.0. The van der Waals surface area contributed by atoms with E-state index in [1.54, 1.807) is 0 Å². The van der Waals surface area contributed by atoms with Crippen molar-refractivity contribution in [3.8, 4) is 0 Å². The Balaban J connectivity index is 2.33. The van der Waals surface area contributed by atoms with Crippen molar-refractivity contribution in [1.82, 2.24) is 0 Å². The molecule has 1 nitrogen and oxygen atoms in total. The Morgan fingerprint density at radius 3 is 2.00 bits per heavy atom. The van der Waals surface area contributed by atoms with Gasteiger partial charge in [0.15, 0.2) is 0 Å². The second-order valence-electron chi connectivity index (χ2n) is 5.59. The molecule has 100 valence electrons. The van der Waals surface area contributed by atoms with Gasteiger partial charge in [-0.05, 0) is 47.6 Å². The minimum atomic E-state index is -0.0406. The summed E-state index contributed by atoms with van der Waals surface area (Å²) in [6.45, 7) is 8.69. The van der Waals surface area contributed by atoms with Crippen molar-refractivity contribution in [3.63, 3.8) is 0 Å². The number of hydrogen-bond acceptors (Lipinski definition) is 1. The monoisotopic (exact) mass is 253 g/mol. The maximum Gasteiger partial charge on any atom is 0.0554 e. The quantitative estimate of drug-likeness (QED) is 0.857. The Labute approximate surface area is 116 Å². The summed E-state index contributed by atoms with van der Waals surface area (Å²) in [4.78, 5) is 0. The van der Waals surface area contributed by atoms with Gasteiger partial charge in [-0.25, -0.2) is 0 Å². The standard InChI is InChI=1S/C18H23N/c1-12(2)15-8-10-16(11-9-15)18(19)17-7-5-6-13(3)14(17)4/h5-12,18H,19H2,1-4H3. The Morgan fingerprint density at radius 2 is 1.42 bits per heavy atom. The van der Waals surface area contributed by atoms with Crippen LogP contribution in [0.3, 0.4) is 0 Å². The van der Waals surface area contributed by atoms with E-state index in [0.29, 0.717) is 5.92 Å². The molecule has 2 rings (SSSR count). The molecule has 0 aromatic heterocycles. The van der Waals surface area contributed by atoms with Crippen LogP contribution in [0.5, 0.6) is 0 Å². The van der Waals surface area contributed by atoms with Crippen LogP contribution in [0.15, 0.2) is 42.5 Å². The summed E-state index contributed by atoms with van der Waals surface area (Å²) in [5.74, 6) is 0.561. The molecule has 0 aliphatic rings. The lowest BCUT2D eigenvalue weighted by atomic mass is 9.92. The van der Waals surface area contributed by atoms with Crippen LogP contribution in [0.1, 0.15) is 53.6 Å². The summed E-state index contributed by atoms with van der Waals surface area (Å²) in [6.07, 6.45) is 0. The maximum atomic E-state index is 6.41. The predicted molar refractivity (Wildman–Crippen MR) is 82.5 cm³/mol. The normalized spacial score (nSPS) is 12.7. The van der Waals surface area contributed by atoms with Crippen molar-refractivity contribution < 1.29 is 0 Å². The molecule has 1 unspecified atom stereocenters. The third-order valence-corrected chi connectivity index (χ3v) is 3.94. The van der Waals surface area contributed by atoms with E-state index < -0.39 is 0 Å². The van der Waals surface area contributed by atoms with Gasteiger partial charge in [0.1, 0.15) is 0 Å². The third-order valence-electron chi connectivity index (χ3n) is 3.94. The molecule has 1 atom stereocenters. The lowest BCUT2D eigenvalue weighted by Crippen LogP contribution is -2.13. The number of nitrogens with two attached hydrogens (primary N) is 1. The highest BCUT2D eigenvalue weighted by molar-refractivity contribution is 5.41. The van der Waals surface area contributed by atoms with Crippen LogP contribution in [-0.2, 0) is 0 Å². The molecule has 0 radical (unpaired) electrons. The van der Waals surface area contributed by atoms with E-state index in [4.69, 9.17) is 5.73 Å². The summed E-state index contributed by atoms with van der Waals surface area (Å²) in [5, 5.41) is 0. The van der Waals surface area contributed by atoms with E-state index in [9.17, 15) is 0 Å². The molecule has 2 aromatic carbocycles. The van der Waals surface area contributed by atoms with Gasteiger partial charge in [0.2, 0.25) is 0 Å². The molecule has 0 saturated heterocycles. The first-order valence-corrected chi connectivity index (χ1v) is 6.92. The van der Waals surface area contributed by atoms with E-state index in [1.165, 1.54) is 27.8 Å². The van der Waals surface area contributed by atoms with Gasteiger partial charge in [-0.2, -0.15) is 0 Å². The van der Waals surface area contributed by atoms with E-state index in [1.807, 2.05) is 0 Å². The lowest BCUT2D eigenvalue weighted by molar-refractivity contribution is 0.841. The van der Waals surface area contributed by atoms with Crippen molar-refractivity contribution >= 4 is 0 Å². The second kappa shape index (κ2) is 5.58. The molecule has 0 fully saturated rings. The highest BCUT2D eigenvalue weighted by Crippen LogP contribution is 2.25. The first-order valence-electron chi connectivity index (χ1n) is 6.92. The molecular formula is C18H23N. The van der Waals surface area contributed by atoms with Crippen LogP contribution in [-0.4, -0.2) is 0 Å². The van der Waals surface area contributed by atoms with Crippen molar-refractivity contribution in [1.29, 1.82) is 0 Å². The zero-order valence-electron chi connectivity index (χ0n) is 12.3. The molecule has 0 aliphatic carbocycles. The van der Waals surface area contributed by atoms with Crippen molar-refractivity contribution in [2.45, 2.75) is 39.7 Å². The van der Waals surface area contributed by atoms with Gasteiger partial charge in [0.25, 0.3) is 0 Å². The van der Waals surface area contributed by atoms with Crippen LogP contribution >= 0.6 is 0 Å². The fourth-order valence-corrected chi connectivity index (χ4v) is 2.38. The lowest BCUT2D eigenvalue weighted by Gasteiger charge is -2.17. The third kappa shape index (κ3) is 2.87. The number of rotatable bonds is 3. The van der Waals surface area contributed by atoms with Crippen molar-refractivity contribution in [3.05, 3.63) is 70.3 Å². The van der Waals surface area contributed by atoms with Crippen LogP contribution in [0.2, 0.25) is 0 Å². The summed E-state index contributed by atoms with van der Waals surface area (Å²) in [5.41, 5.74) is 12.8. The Kier molecular flexibility index (Phi) is 4.06. The van der Waals surface area contributed by atoms with Gasteiger partial charge < -0.3 is 5.73 Å². The van der Waals surface area contributed by atoms with Gasteiger partial charge in [-0.15, -0.1) is 0 Å². The van der Waals surface area contributed by atoms with E-state index >= 15 is 0 Å². The molecule has 2 N–H and O–H groups in total. The van der Waals surface area contributed by atoms with Gasteiger partial charge >= 0.3 is 0 Å². The van der Waals surface area contributed by atoms with Gasteiger partial charge in [-0.1, -0.05) is 56.3 Å². The Morgan fingerprint density at radius 1 is 0.842 bits per heavy atom. The first kappa shape index (κ1) is 13.8. The van der Waals surface area contributed by atoms with Crippen LogP contribution in [0, 0.1) is 13.8 Å². The van der Waals surface area contributed by atoms with Crippen LogP contribution < -0.4 is 5.73 Å². The summed E-state index contributed by atoms with van der Waals surface area (Å²) < 4.78 is 0. The SMILES string of the molecule is Cc1cccc(C(N)c2ccc(C(C)C)cc2)c1C. The van der Waals surface area contributed by atoms with Gasteiger partial charge in [-0.3, -0.25) is 0 Å². The zero-order valence-corrected chi connectivity index (χ0v) is 12.3. The minimum Gasteiger partial charge on any atom is -0.320 e. The van der Waals surface area contributed by atoms with Crippen LogP contribution in [0.4, 0.5) is 0 Å². The fourth-order valence-electron chi connectivity index (χ4n) is 2.38. The summed E-state index contributed by atoms with van der Waals surface area (Å²) >= 11 is 0. The first-order chi connectivity index (χ1) is 9.00. The second-order valence-corrected chi connectivity index (χ2v) is 5.59. The van der Waals surface area contributed by atoms with Crippen LogP contribution in [0.25, 0.3) is 0 Å². The van der Waals surface area contributed by atoms with E-state index in [-0.39, 0.29) is 6.04 Å². The zero-order chi connectivity index (χ0) is 14.0. The molecule has 19 heavy (non-hydrogen) atoms. The molecular weight excluding hydrogens is 230 g/mol. The molecule has 0 bridgehead atoms. The van der Waals surface area contributed by atoms with Crippen molar-refractivity contribution in [2.24, 2.45) is 5.73 Å². The molecule has 0 amide bonds. The molecule has 1 heteroatoms. The minimum absolute atomic E-state index is 0.0406. The Bertz CT molecular complexity index is 552. The van der Waals surface area contributed by atoms with E-state index in [0.717, 1.165) is 0 Å². The highest BCUT2D eigenvalue weighted by atomic mass is 14.6. The fraction of sp³-hybridized carbons (Fsp3) is 0.333. The number of benzene rings is 2. The smallest absolute Gasteiger partial charge is 0.0554 e. The Hall–Kier alpha value is -1.60. The molecule has 0 aliphatic heterocycles. The van der Waals surface area contributed by atoms with Crippen molar-refractivity contribution in [2.75, 3.05) is 0 Å². The highest BCUT2D eigenvalue weighted by Gasteiger charge is 2.12. The maximum absolute atomic E-state index is 6.41.